The molecule has 1 aliphatic carbocycles. The lowest BCUT2D eigenvalue weighted by Gasteiger charge is -2.33. The Morgan fingerprint density at radius 1 is 1.07 bits per heavy atom. The van der Waals surface area contributed by atoms with Crippen molar-refractivity contribution >= 4 is 45.5 Å². The molecule has 2 aliphatic heterocycles. The molecule has 4 atom stereocenters. The molecule has 2 fully saturated rings. The van der Waals surface area contributed by atoms with Crippen molar-refractivity contribution in [3.8, 4) is 0 Å². The van der Waals surface area contributed by atoms with Gasteiger partial charge in [0.05, 0.1) is 28.8 Å². The first-order valence-electron chi connectivity index (χ1n) is 13.9. The molecule has 3 aliphatic rings. The molecule has 2 amide bonds. The lowest BCUT2D eigenvalue weighted by atomic mass is 9.72. The van der Waals surface area contributed by atoms with Crippen molar-refractivity contribution in [3.63, 3.8) is 0 Å². The third-order valence-electron chi connectivity index (χ3n) is 8.64. The number of hydrogen-bond acceptors (Lipinski definition) is 9. The van der Waals surface area contributed by atoms with Gasteiger partial charge in [0, 0.05) is 10.9 Å². The number of rotatable bonds is 5. The van der Waals surface area contributed by atoms with E-state index in [2.05, 4.69) is 20.8 Å². The van der Waals surface area contributed by atoms with Crippen LogP contribution in [0.5, 0.6) is 0 Å². The highest BCUT2D eigenvalue weighted by atomic mass is 32.1. The van der Waals surface area contributed by atoms with E-state index < -0.39 is 40.8 Å². The molecule has 1 aromatic heterocycles. The molecule has 2 aromatic carbocycles. The number of amides is 2. The van der Waals surface area contributed by atoms with Crippen LogP contribution in [0.2, 0.25) is 0 Å². The fourth-order valence-electron chi connectivity index (χ4n) is 6.41. The molecule has 2 saturated heterocycles. The molecule has 42 heavy (non-hydrogen) atoms. The van der Waals surface area contributed by atoms with Crippen molar-refractivity contribution in [1.29, 1.82) is 0 Å². The Morgan fingerprint density at radius 3 is 2.43 bits per heavy atom. The highest BCUT2D eigenvalue weighted by molar-refractivity contribution is 7.17. The van der Waals surface area contributed by atoms with Crippen LogP contribution in [0.1, 0.15) is 59.6 Å². The summed E-state index contributed by atoms with van der Waals surface area (Å²) in [6.07, 6.45) is 1.01. The van der Waals surface area contributed by atoms with Gasteiger partial charge in [0.25, 0.3) is 11.6 Å². The number of thiophene rings is 1. The van der Waals surface area contributed by atoms with Crippen molar-refractivity contribution in [2.45, 2.75) is 52.2 Å². The van der Waals surface area contributed by atoms with E-state index in [0.29, 0.717) is 18.0 Å². The predicted octanol–water partition coefficient (Wildman–Crippen LogP) is 5.65. The monoisotopic (exact) mass is 589 g/mol. The highest BCUT2D eigenvalue weighted by Gasteiger charge is 2.62. The summed E-state index contributed by atoms with van der Waals surface area (Å²) >= 11 is 1.28. The summed E-state index contributed by atoms with van der Waals surface area (Å²) in [6, 6.07) is 14.1. The van der Waals surface area contributed by atoms with Gasteiger partial charge in [0.1, 0.15) is 17.0 Å². The number of anilines is 2. The Labute approximate surface area is 246 Å². The van der Waals surface area contributed by atoms with Crippen LogP contribution in [0.3, 0.4) is 0 Å². The van der Waals surface area contributed by atoms with Crippen LogP contribution < -0.4 is 9.96 Å². The number of imide groups is 1. The van der Waals surface area contributed by atoms with Crippen molar-refractivity contribution in [3.05, 3.63) is 86.3 Å². The van der Waals surface area contributed by atoms with Crippen molar-refractivity contribution in [2.24, 2.45) is 17.3 Å². The molecular formula is C31H31N3O7S. The molecule has 0 unspecified atom stereocenters. The third kappa shape index (κ3) is 4.38. The highest BCUT2D eigenvalue weighted by Crippen LogP contribution is 2.52. The summed E-state index contributed by atoms with van der Waals surface area (Å²) in [5.41, 5.74) is 1.75. The minimum Gasteiger partial charge on any atom is -0.465 e. The second-order valence-corrected chi connectivity index (χ2v) is 13.1. The number of methoxy groups -OCH3 is 1. The number of nitro benzene ring substituents is 1. The molecule has 11 heteroatoms. The van der Waals surface area contributed by atoms with Gasteiger partial charge in [-0.25, -0.2) is 14.8 Å². The zero-order valence-electron chi connectivity index (χ0n) is 23.7. The second kappa shape index (κ2) is 10.3. The zero-order valence-corrected chi connectivity index (χ0v) is 24.6. The number of nitrogens with zero attached hydrogens (tertiary/aromatic N) is 3. The van der Waals surface area contributed by atoms with E-state index in [1.54, 1.807) is 42.5 Å². The summed E-state index contributed by atoms with van der Waals surface area (Å²) in [7, 11) is 1.28. The molecule has 6 rings (SSSR count). The van der Waals surface area contributed by atoms with Gasteiger partial charge >= 0.3 is 5.97 Å². The van der Waals surface area contributed by atoms with Gasteiger partial charge in [0.15, 0.2) is 6.10 Å². The van der Waals surface area contributed by atoms with Crippen molar-refractivity contribution < 1.29 is 28.9 Å². The van der Waals surface area contributed by atoms with E-state index in [4.69, 9.17) is 9.57 Å². The molecule has 218 valence electrons. The maximum absolute atomic E-state index is 14.3. The molecule has 0 saturated carbocycles. The summed E-state index contributed by atoms with van der Waals surface area (Å²) in [5, 5.41) is 13.7. The average molecular weight is 590 g/mol. The van der Waals surface area contributed by atoms with Crippen molar-refractivity contribution in [2.75, 3.05) is 17.1 Å². The van der Waals surface area contributed by atoms with Gasteiger partial charge in [-0.1, -0.05) is 51.1 Å². The van der Waals surface area contributed by atoms with E-state index in [0.717, 1.165) is 28.2 Å². The van der Waals surface area contributed by atoms with Crippen LogP contribution in [0.4, 0.5) is 16.4 Å². The van der Waals surface area contributed by atoms with Crippen LogP contribution in [0.15, 0.2) is 54.6 Å². The van der Waals surface area contributed by atoms with Crippen LogP contribution >= 0.6 is 11.3 Å². The number of fused-ring (bicyclic) bond motifs is 2. The van der Waals surface area contributed by atoms with Crippen LogP contribution in [-0.4, -0.2) is 35.9 Å². The van der Waals surface area contributed by atoms with Crippen molar-refractivity contribution in [1.82, 2.24) is 0 Å². The number of carbonyl (C=O) groups excluding carboxylic acids is 3. The van der Waals surface area contributed by atoms with E-state index in [9.17, 15) is 24.5 Å². The zero-order chi connectivity index (χ0) is 29.9. The summed E-state index contributed by atoms with van der Waals surface area (Å²) in [5.74, 6) is -2.48. The summed E-state index contributed by atoms with van der Waals surface area (Å²) in [6.45, 7) is 6.56. The first kappa shape index (κ1) is 28.0. The fourth-order valence-corrected chi connectivity index (χ4v) is 7.84. The topological polar surface area (TPSA) is 119 Å². The average Bonchev–Trinajstić information content (AvgIpc) is 3.62. The molecule has 10 nitrogen and oxygen atoms in total. The minimum atomic E-state index is -1.23. The lowest BCUT2D eigenvalue weighted by molar-refractivity contribution is -0.385. The lowest BCUT2D eigenvalue weighted by Crippen LogP contribution is -2.37. The number of nitro groups is 1. The number of esters is 1. The predicted molar refractivity (Wildman–Crippen MR) is 156 cm³/mol. The van der Waals surface area contributed by atoms with E-state index >= 15 is 0 Å². The number of carbonyl (C=O) groups is 3. The molecule has 0 radical (unpaired) electrons. The Hall–Kier alpha value is -4.09. The van der Waals surface area contributed by atoms with Gasteiger partial charge in [-0.2, -0.15) is 0 Å². The number of hydroxylamine groups is 1. The maximum atomic E-state index is 14.3. The molecule has 0 N–H and O–H groups in total. The van der Waals surface area contributed by atoms with E-state index in [1.807, 2.05) is 6.07 Å². The second-order valence-electron chi connectivity index (χ2n) is 12.0. The van der Waals surface area contributed by atoms with E-state index in [-0.39, 0.29) is 27.2 Å². The number of ether oxygens (including phenoxy) is 1. The standard InChI is InChI=1S/C31H31N3O7S/c1-31(2,3)17-14-15-20-22(16-17)42-29(23(20)30(37)40-4)32-27(35)24-25(19-12-8-9-13-21(19)34(38)39)33(41-26(24)28(32)36)18-10-6-5-7-11-18/h5-13,17,24-26H,14-16H2,1-4H3/t17-,24+,25+,26+/m0/s1. The maximum Gasteiger partial charge on any atom is 0.341 e. The molecule has 3 heterocycles. The molecule has 3 aromatic rings. The fraction of sp³-hybridized carbons (Fsp3) is 0.387. The van der Waals surface area contributed by atoms with Gasteiger partial charge in [0.2, 0.25) is 5.91 Å². The quantitative estimate of drug-likeness (QED) is 0.162. The van der Waals surface area contributed by atoms with Gasteiger partial charge in [-0.3, -0.25) is 24.5 Å². The van der Waals surface area contributed by atoms with Crippen LogP contribution in [-0.2, 0) is 32.0 Å². The van der Waals surface area contributed by atoms with Crippen LogP contribution in [0.25, 0.3) is 0 Å². The number of hydrogen-bond donors (Lipinski definition) is 0. The molecular weight excluding hydrogens is 558 g/mol. The van der Waals surface area contributed by atoms with E-state index in [1.165, 1.54) is 29.6 Å². The Bertz CT molecular complexity index is 1600. The number of para-hydroxylation sites is 2. The third-order valence-corrected chi connectivity index (χ3v) is 9.88. The minimum absolute atomic E-state index is 0.0515. The van der Waals surface area contributed by atoms with Crippen LogP contribution in [0, 0.1) is 27.4 Å². The molecule has 0 spiro atoms. The van der Waals surface area contributed by atoms with Gasteiger partial charge in [-0.15, -0.1) is 11.3 Å². The largest absolute Gasteiger partial charge is 0.465 e. The summed E-state index contributed by atoms with van der Waals surface area (Å²) in [4.78, 5) is 61.2. The normalized spacial score (nSPS) is 23.6. The Morgan fingerprint density at radius 2 is 1.76 bits per heavy atom. The SMILES string of the molecule is COC(=O)c1c(N2C(=O)[C@@H]3[C@@H](c4ccccc4[N+](=O)[O-])N(c4ccccc4)O[C@H]3C2=O)sc2c1CC[C@H](C(C)(C)C)C2. The van der Waals surface area contributed by atoms with Gasteiger partial charge < -0.3 is 4.74 Å². The first-order chi connectivity index (χ1) is 20.0. The van der Waals surface area contributed by atoms with Gasteiger partial charge in [-0.05, 0) is 54.4 Å². The Kier molecular flexibility index (Phi) is 6.89. The number of benzene rings is 2. The summed E-state index contributed by atoms with van der Waals surface area (Å²) < 4.78 is 5.13. The smallest absolute Gasteiger partial charge is 0.341 e. The Balaban J connectivity index is 1.46. The molecule has 0 bridgehead atoms. The first-order valence-corrected chi connectivity index (χ1v) is 14.7.